The van der Waals surface area contributed by atoms with Crippen LogP contribution in [0.3, 0.4) is 0 Å². The van der Waals surface area contributed by atoms with Gasteiger partial charge in [0.1, 0.15) is 0 Å². The SMILES string of the molecule is CCCCCC=CCC=CC=CC=C[C@@H](Sc1ccc(C(=O)O)cc1)C(O)CCCC(=O)O. The van der Waals surface area contributed by atoms with Crippen molar-refractivity contribution >= 4 is 23.7 Å². The van der Waals surface area contributed by atoms with E-state index in [9.17, 15) is 14.7 Å². The molecule has 6 heteroatoms. The van der Waals surface area contributed by atoms with E-state index in [0.717, 1.165) is 17.7 Å². The molecule has 0 saturated heterocycles. The summed E-state index contributed by atoms with van der Waals surface area (Å²) in [5, 5.41) is 28.2. The number of carbonyl (C=O) groups is 2. The first-order chi connectivity index (χ1) is 15.9. The lowest BCUT2D eigenvalue weighted by Crippen LogP contribution is -2.21. The van der Waals surface area contributed by atoms with Gasteiger partial charge in [0.2, 0.25) is 0 Å². The minimum absolute atomic E-state index is 0.0171. The van der Waals surface area contributed by atoms with E-state index in [-0.39, 0.29) is 17.2 Å². The summed E-state index contributed by atoms with van der Waals surface area (Å²) in [4.78, 5) is 22.6. The Bertz CT molecular complexity index is 808. The van der Waals surface area contributed by atoms with E-state index in [1.807, 2.05) is 30.4 Å². The zero-order valence-electron chi connectivity index (χ0n) is 19.3. The van der Waals surface area contributed by atoms with Gasteiger partial charge in [0.05, 0.1) is 16.9 Å². The zero-order valence-corrected chi connectivity index (χ0v) is 20.1. The smallest absolute Gasteiger partial charge is 0.335 e. The van der Waals surface area contributed by atoms with Crippen molar-refractivity contribution in [2.45, 2.75) is 74.5 Å². The standard InChI is InChI=1S/C27H36O5S/c1-2-3-4-5-6-7-8-9-10-11-12-13-16-25(24(28)15-14-17-26(29)30)33-23-20-18-22(19-21-23)27(31)32/h6-7,9-13,16,18-21,24-25,28H,2-5,8,14-15,17H2,1H3,(H,29,30)(H,31,32)/t24?,25-/m1/s1. The van der Waals surface area contributed by atoms with Crippen LogP contribution in [0.4, 0.5) is 0 Å². The van der Waals surface area contributed by atoms with E-state index in [2.05, 4.69) is 25.2 Å². The maximum atomic E-state index is 11.0. The van der Waals surface area contributed by atoms with Crippen LogP contribution in [0.25, 0.3) is 0 Å². The quantitative estimate of drug-likeness (QED) is 0.102. The van der Waals surface area contributed by atoms with Gasteiger partial charge in [-0.15, -0.1) is 11.8 Å². The highest BCUT2D eigenvalue weighted by atomic mass is 32.2. The fourth-order valence-corrected chi connectivity index (χ4v) is 4.04. The Balaban J connectivity index is 2.63. The van der Waals surface area contributed by atoms with E-state index in [0.29, 0.717) is 12.8 Å². The maximum absolute atomic E-state index is 11.0. The number of benzene rings is 1. The minimum atomic E-state index is -0.984. The molecule has 1 aromatic rings. The van der Waals surface area contributed by atoms with Crippen molar-refractivity contribution < 1.29 is 24.9 Å². The number of carboxylic acid groups (broad SMARTS) is 2. The molecule has 0 aromatic heterocycles. The molecule has 1 rings (SSSR count). The predicted molar refractivity (Wildman–Crippen MR) is 136 cm³/mol. The summed E-state index contributed by atoms with van der Waals surface area (Å²) in [7, 11) is 0. The largest absolute Gasteiger partial charge is 0.481 e. The van der Waals surface area contributed by atoms with Crippen LogP contribution in [-0.2, 0) is 4.79 Å². The molecule has 1 aromatic carbocycles. The molecule has 2 atom stereocenters. The van der Waals surface area contributed by atoms with Gasteiger partial charge in [-0.2, -0.15) is 0 Å². The van der Waals surface area contributed by atoms with Crippen molar-refractivity contribution in [1.82, 2.24) is 0 Å². The summed E-state index contributed by atoms with van der Waals surface area (Å²) >= 11 is 1.42. The van der Waals surface area contributed by atoms with Gasteiger partial charge in [-0.1, -0.05) is 68.4 Å². The Morgan fingerprint density at radius 1 is 0.939 bits per heavy atom. The van der Waals surface area contributed by atoms with Gasteiger partial charge in [-0.3, -0.25) is 4.79 Å². The van der Waals surface area contributed by atoms with Crippen molar-refractivity contribution in [3.8, 4) is 0 Å². The number of hydrogen-bond acceptors (Lipinski definition) is 4. The summed E-state index contributed by atoms with van der Waals surface area (Å²) in [5.74, 6) is -1.86. The van der Waals surface area contributed by atoms with Gasteiger partial charge in [0, 0.05) is 11.3 Å². The Morgan fingerprint density at radius 2 is 1.67 bits per heavy atom. The Labute approximate surface area is 201 Å². The van der Waals surface area contributed by atoms with Crippen LogP contribution in [0.2, 0.25) is 0 Å². The summed E-state index contributed by atoms with van der Waals surface area (Å²) in [6, 6.07) is 6.50. The Morgan fingerprint density at radius 3 is 2.33 bits per heavy atom. The fraction of sp³-hybridized carbons (Fsp3) is 0.407. The monoisotopic (exact) mass is 472 g/mol. The third-order valence-corrected chi connectivity index (χ3v) is 6.11. The molecule has 0 bridgehead atoms. The van der Waals surface area contributed by atoms with Crippen molar-refractivity contribution in [1.29, 1.82) is 0 Å². The second kappa shape index (κ2) is 17.9. The average Bonchev–Trinajstić information content (AvgIpc) is 2.79. The van der Waals surface area contributed by atoms with E-state index in [4.69, 9.17) is 10.2 Å². The molecule has 180 valence electrons. The van der Waals surface area contributed by atoms with E-state index in [1.54, 1.807) is 12.1 Å². The third-order valence-electron chi connectivity index (χ3n) is 4.83. The first-order valence-corrected chi connectivity index (χ1v) is 12.4. The first-order valence-electron chi connectivity index (χ1n) is 11.5. The van der Waals surface area contributed by atoms with Gasteiger partial charge in [-0.05, 0) is 56.4 Å². The van der Waals surface area contributed by atoms with Gasteiger partial charge in [0.25, 0.3) is 0 Å². The van der Waals surface area contributed by atoms with Crippen LogP contribution in [0.15, 0.2) is 77.8 Å². The van der Waals surface area contributed by atoms with Crippen molar-refractivity contribution in [2.24, 2.45) is 0 Å². The predicted octanol–water partition coefficient (Wildman–Crippen LogP) is 6.66. The number of aliphatic carboxylic acids is 1. The minimum Gasteiger partial charge on any atom is -0.481 e. The lowest BCUT2D eigenvalue weighted by molar-refractivity contribution is -0.137. The van der Waals surface area contributed by atoms with Crippen LogP contribution in [-0.4, -0.2) is 38.6 Å². The molecule has 0 aliphatic rings. The molecule has 5 nitrogen and oxygen atoms in total. The van der Waals surface area contributed by atoms with Crippen LogP contribution < -0.4 is 0 Å². The fourth-order valence-electron chi connectivity index (χ4n) is 2.97. The average molecular weight is 473 g/mol. The van der Waals surface area contributed by atoms with E-state index in [1.165, 1.54) is 43.2 Å². The molecule has 1 unspecified atom stereocenters. The Kier molecular flexibility index (Phi) is 15.5. The summed E-state index contributed by atoms with van der Waals surface area (Å²) in [6.45, 7) is 2.20. The molecular formula is C27H36O5S. The van der Waals surface area contributed by atoms with Crippen molar-refractivity contribution in [3.05, 3.63) is 78.4 Å². The first kappa shape index (κ1) is 28.5. The molecule has 0 fully saturated rings. The molecule has 0 saturated carbocycles. The van der Waals surface area contributed by atoms with Crippen LogP contribution in [0.1, 0.15) is 68.6 Å². The number of thioether (sulfide) groups is 1. The van der Waals surface area contributed by atoms with Crippen LogP contribution in [0.5, 0.6) is 0 Å². The van der Waals surface area contributed by atoms with Gasteiger partial charge in [0.15, 0.2) is 0 Å². The maximum Gasteiger partial charge on any atom is 0.335 e. The van der Waals surface area contributed by atoms with E-state index < -0.39 is 18.0 Å². The normalized spacial score (nSPS) is 14.0. The molecule has 0 radical (unpaired) electrons. The van der Waals surface area contributed by atoms with Crippen LogP contribution >= 0.6 is 11.8 Å². The number of allylic oxidation sites excluding steroid dienone is 7. The lowest BCUT2D eigenvalue weighted by atomic mass is 10.1. The Hall–Kier alpha value is -2.57. The lowest BCUT2D eigenvalue weighted by Gasteiger charge is -2.19. The second-order valence-electron chi connectivity index (χ2n) is 7.67. The highest BCUT2D eigenvalue weighted by molar-refractivity contribution is 8.00. The topological polar surface area (TPSA) is 94.8 Å². The zero-order chi connectivity index (χ0) is 24.3. The molecule has 0 heterocycles. The molecule has 0 aliphatic carbocycles. The van der Waals surface area contributed by atoms with Gasteiger partial charge in [-0.25, -0.2) is 4.79 Å². The van der Waals surface area contributed by atoms with Crippen molar-refractivity contribution in [2.75, 3.05) is 0 Å². The second-order valence-corrected chi connectivity index (χ2v) is 8.92. The van der Waals surface area contributed by atoms with Crippen LogP contribution in [0, 0.1) is 0 Å². The number of hydrogen-bond donors (Lipinski definition) is 3. The van der Waals surface area contributed by atoms with Crippen molar-refractivity contribution in [3.63, 3.8) is 0 Å². The molecule has 33 heavy (non-hydrogen) atoms. The van der Waals surface area contributed by atoms with E-state index >= 15 is 0 Å². The van der Waals surface area contributed by atoms with Gasteiger partial charge >= 0.3 is 11.9 Å². The number of rotatable bonds is 17. The summed E-state index contributed by atoms with van der Waals surface area (Å²) in [5.41, 5.74) is 0.207. The highest BCUT2D eigenvalue weighted by Gasteiger charge is 2.18. The summed E-state index contributed by atoms with van der Waals surface area (Å²) in [6.07, 6.45) is 21.9. The molecule has 0 aliphatic heterocycles. The molecule has 3 N–H and O–H groups in total. The number of aliphatic hydroxyl groups excluding tert-OH is 1. The number of carboxylic acids is 2. The number of aromatic carboxylic acids is 1. The third kappa shape index (κ3) is 14.2. The number of aliphatic hydroxyl groups is 1. The van der Waals surface area contributed by atoms with Gasteiger partial charge < -0.3 is 15.3 Å². The molecule has 0 amide bonds. The highest BCUT2D eigenvalue weighted by Crippen LogP contribution is 2.28. The summed E-state index contributed by atoms with van der Waals surface area (Å²) < 4.78 is 0. The number of unbranched alkanes of at least 4 members (excludes halogenated alkanes) is 3. The molecular weight excluding hydrogens is 436 g/mol. The molecule has 0 spiro atoms.